The van der Waals surface area contributed by atoms with Crippen LogP contribution in [0.1, 0.15) is 19.3 Å². The van der Waals surface area contributed by atoms with Crippen LogP contribution in [0.15, 0.2) is 36.9 Å². The Balaban J connectivity index is 1.38. The van der Waals surface area contributed by atoms with Crippen LogP contribution >= 0.6 is 23.8 Å². The summed E-state index contributed by atoms with van der Waals surface area (Å²) in [5, 5.41) is 5.51. The van der Waals surface area contributed by atoms with Crippen LogP contribution in [0.3, 0.4) is 0 Å². The number of aromatic nitrogens is 3. The van der Waals surface area contributed by atoms with Gasteiger partial charge in [-0.25, -0.2) is 4.68 Å². The van der Waals surface area contributed by atoms with Crippen LogP contribution in [0.2, 0.25) is 5.02 Å². The molecular formula is C23H31ClN6OS. The normalized spacial score (nSPS) is 18.1. The summed E-state index contributed by atoms with van der Waals surface area (Å²) in [5.41, 5.74) is 0.974. The summed E-state index contributed by atoms with van der Waals surface area (Å²) in [6, 6.07) is 7.65. The molecule has 32 heavy (non-hydrogen) atoms. The lowest BCUT2D eigenvalue weighted by Crippen LogP contribution is -2.50. The molecule has 0 radical (unpaired) electrons. The van der Waals surface area contributed by atoms with Gasteiger partial charge in [-0.1, -0.05) is 17.7 Å². The third-order valence-corrected chi connectivity index (χ3v) is 6.89. The third-order valence-electron chi connectivity index (χ3n) is 6.20. The molecule has 0 unspecified atom stereocenters. The van der Waals surface area contributed by atoms with Gasteiger partial charge < -0.3 is 4.90 Å². The van der Waals surface area contributed by atoms with Crippen molar-refractivity contribution in [3.8, 4) is 11.4 Å². The largest absolute Gasteiger partial charge is 0.342 e. The summed E-state index contributed by atoms with van der Waals surface area (Å²) < 4.78 is 4.56. The Kier molecular flexibility index (Phi) is 7.78. The van der Waals surface area contributed by atoms with Crippen LogP contribution in [0.5, 0.6) is 0 Å². The number of halogens is 1. The van der Waals surface area contributed by atoms with E-state index in [0.717, 1.165) is 63.5 Å². The minimum atomic E-state index is 0.274. The number of piperidine rings is 1. The third kappa shape index (κ3) is 5.49. The van der Waals surface area contributed by atoms with Gasteiger partial charge in [0.15, 0.2) is 10.6 Å². The number of allylic oxidation sites excluding steroid dienone is 1. The molecule has 0 saturated carbocycles. The molecule has 9 heteroatoms. The number of amides is 1. The predicted octanol–water partition coefficient (Wildman–Crippen LogP) is 3.51. The van der Waals surface area contributed by atoms with Crippen LogP contribution < -0.4 is 0 Å². The van der Waals surface area contributed by atoms with Gasteiger partial charge in [-0.3, -0.25) is 19.2 Å². The highest BCUT2D eigenvalue weighted by Gasteiger charge is 2.23. The van der Waals surface area contributed by atoms with E-state index in [2.05, 4.69) is 16.4 Å². The Morgan fingerprint density at radius 3 is 2.34 bits per heavy atom. The van der Waals surface area contributed by atoms with Gasteiger partial charge >= 0.3 is 0 Å². The fourth-order valence-electron chi connectivity index (χ4n) is 4.35. The van der Waals surface area contributed by atoms with Crippen molar-refractivity contribution in [2.45, 2.75) is 32.5 Å². The average Bonchev–Trinajstić information content (AvgIpc) is 3.11. The highest BCUT2D eigenvalue weighted by Crippen LogP contribution is 2.21. The van der Waals surface area contributed by atoms with Crippen LogP contribution in [0, 0.1) is 4.77 Å². The zero-order valence-electron chi connectivity index (χ0n) is 18.5. The minimum Gasteiger partial charge on any atom is -0.342 e. The van der Waals surface area contributed by atoms with Crippen molar-refractivity contribution in [3.05, 3.63) is 46.7 Å². The van der Waals surface area contributed by atoms with Crippen molar-refractivity contribution in [2.24, 2.45) is 0 Å². The van der Waals surface area contributed by atoms with E-state index in [1.807, 2.05) is 44.5 Å². The number of carbonyl (C=O) groups excluding carboxylic acids is 1. The van der Waals surface area contributed by atoms with Crippen LogP contribution in [-0.4, -0.2) is 80.8 Å². The van der Waals surface area contributed by atoms with Gasteiger partial charge in [0.2, 0.25) is 5.91 Å². The summed E-state index contributed by atoms with van der Waals surface area (Å²) >= 11 is 11.8. The molecule has 3 heterocycles. The maximum absolute atomic E-state index is 12.6. The Labute approximate surface area is 199 Å². The molecular weight excluding hydrogens is 444 g/mol. The first kappa shape index (κ1) is 23.2. The molecule has 0 bridgehead atoms. The van der Waals surface area contributed by atoms with Crippen molar-refractivity contribution in [1.29, 1.82) is 0 Å². The molecule has 0 N–H and O–H groups in total. The Bertz CT molecular complexity index is 987. The quantitative estimate of drug-likeness (QED) is 0.454. The second-order valence-electron chi connectivity index (χ2n) is 8.49. The predicted molar refractivity (Wildman–Crippen MR) is 130 cm³/mol. The second-order valence-corrected chi connectivity index (χ2v) is 9.29. The van der Waals surface area contributed by atoms with Crippen LogP contribution in [-0.2, 0) is 18.0 Å². The first-order chi connectivity index (χ1) is 15.5. The molecule has 4 rings (SSSR count). The molecule has 172 valence electrons. The van der Waals surface area contributed by atoms with E-state index < -0.39 is 0 Å². The molecule has 0 aliphatic carbocycles. The summed E-state index contributed by atoms with van der Waals surface area (Å²) in [6.07, 6.45) is 5.35. The number of hydrogen-bond acceptors (Lipinski definition) is 5. The molecule has 1 aromatic heterocycles. The topological polar surface area (TPSA) is 49.5 Å². The lowest BCUT2D eigenvalue weighted by Gasteiger charge is -2.35. The molecule has 2 aliphatic rings. The van der Waals surface area contributed by atoms with Crippen molar-refractivity contribution >= 4 is 29.7 Å². The van der Waals surface area contributed by atoms with Crippen molar-refractivity contribution in [3.63, 3.8) is 0 Å². The maximum atomic E-state index is 12.6. The van der Waals surface area contributed by atoms with E-state index in [4.69, 9.17) is 28.9 Å². The molecule has 2 aliphatic heterocycles. The lowest BCUT2D eigenvalue weighted by molar-refractivity contribution is -0.133. The first-order valence-corrected chi connectivity index (χ1v) is 12.1. The number of piperazine rings is 1. The lowest BCUT2D eigenvalue weighted by atomic mass is 10.1. The SMILES string of the molecule is C=CCn1c(-c2ccc(Cl)cc2)nn(CN2CCN(CC(=O)N3CCCCC3)CC2)c1=S. The zero-order valence-corrected chi connectivity index (χ0v) is 20.0. The van der Waals surface area contributed by atoms with Crippen molar-refractivity contribution < 1.29 is 4.79 Å². The fourth-order valence-corrected chi connectivity index (χ4v) is 4.74. The smallest absolute Gasteiger partial charge is 0.236 e. The molecule has 2 aromatic rings. The highest BCUT2D eigenvalue weighted by molar-refractivity contribution is 7.71. The number of hydrogen-bond donors (Lipinski definition) is 0. The Hall–Kier alpha value is -2.00. The van der Waals surface area contributed by atoms with E-state index >= 15 is 0 Å². The van der Waals surface area contributed by atoms with Gasteiger partial charge in [-0.15, -0.1) is 6.58 Å². The number of likely N-dealkylation sites (tertiary alicyclic amines) is 1. The molecule has 0 spiro atoms. The maximum Gasteiger partial charge on any atom is 0.236 e. The van der Waals surface area contributed by atoms with E-state index in [9.17, 15) is 4.79 Å². The molecule has 2 saturated heterocycles. The summed E-state index contributed by atoms with van der Waals surface area (Å²) in [6.45, 7) is 11.0. The van der Waals surface area contributed by atoms with Crippen molar-refractivity contribution in [1.82, 2.24) is 29.0 Å². The standard InChI is InChI=1S/C23H31ClN6OS/c1-2-10-29-22(19-6-8-20(24)9-7-19)25-30(23(29)32)18-27-15-13-26(14-16-27)17-21(31)28-11-4-3-5-12-28/h2,6-9H,1,3-5,10-18H2. The van der Waals surface area contributed by atoms with Gasteiger partial charge in [-0.2, -0.15) is 5.10 Å². The van der Waals surface area contributed by atoms with Gasteiger partial charge in [0, 0.05) is 56.4 Å². The number of carbonyl (C=O) groups is 1. The fraction of sp³-hybridized carbons (Fsp3) is 0.522. The van der Waals surface area contributed by atoms with Gasteiger partial charge in [-0.05, 0) is 55.7 Å². The molecule has 7 nitrogen and oxygen atoms in total. The molecule has 0 atom stereocenters. The van der Waals surface area contributed by atoms with E-state index in [0.29, 0.717) is 29.6 Å². The molecule has 2 fully saturated rings. The van der Waals surface area contributed by atoms with Gasteiger partial charge in [0.05, 0.1) is 13.2 Å². The second kappa shape index (κ2) is 10.7. The highest BCUT2D eigenvalue weighted by atomic mass is 35.5. The summed E-state index contributed by atoms with van der Waals surface area (Å²) in [4.78, 5) is 19.2. The molecule has 1 aromatic carbocycles. The Morgan fingerprint density at radius 2 is 1.69 bits per heavy atom. The Morgan fingerprint density at radius 1 is 1.03 bits per heavy atom. The zero-order chi connectivity index (χ0) is 22.5. The van der Waals surface area contributed by atoms with Gasteiger partial charge in [0.1, 0.15) is 0 Å². The van der Waals surface area contributed by atoms with E-state index in [1.54, 1.807) is 0 Å². The summed E-state index contributed by atoms with van der Waals surface area (Å²) in [5.74, 6) is 1.09. The summed E-state index contributed by atoms with van der Waals surface area (Å²) in [7, 11) is 0. The van der Waals surface area contributed by atoms with Crippen LogP contribution in [0.25, 0.3) is 11.4 Å². The van der Waals surface area contributed by atoms with Gasteiger partial charge in [0.25, 0.3) is 0 Å². The minimum absolute atomic E-state index is 0.274. The number of nitrogens with zero attached hydrogens (tertiary/aromatic N) is 6. The molecule has 1 amide bonds. The number of benzene rings is 1. The van der Waals surface area contributed by atoms with Crippen LogP contribution in [0.4, 0.5) is 0 Å². The van der Waals surface area contributed by atoms with E-state index in [1.165, 1.54) is 6.42 Å². The monoisotopic (exact) mass is 474 g/mol. The number of rotatable bonds is 7. The average molecular weight is 475 g/mol. The van der Waals surface area contributed by atoms with Crippen molar-refractivity contribution in [2.75, 3.05) is 45.8 Å². The first-order valence-electron chi connectivity index (χ1n) is 11.3. The van der Waals surface area contributed by atoms with E-state index in [-0.39, 0.29) is 5.91 Å².